The van der Waals surface area contributed by atoms with Crippen molar-refractivity contribution >= 4 is 17.8 Å². The Kier molecular flexibility index (Phi) is 6.37. The lowest BCUT2D eigenvalue weighted by molar-refractivity contribution is -0.120. The molecule has 1 aliphatic heterocycles. The lowest BCUT2D eigenvalue weighted by atomic mass is 10.0. The second-order valence-electron chi connectivity index (χ2n) is 6.45. The van der Waals surface area contributed by atoms with Crippen LogP contribution in [0.1, 0.15) is 48.1 Å². The molecule has 1 aliphatic rings. The van der Waals surface area contributed by atoms with Gasteiger partial charge in [-0.2, -0.15) is 0 Å². The van der Waals surface area contributed by atoms with Gasteiger partial charge in [0.25, 0.3) is 5.91 Å². The molecule has 0 unspecified atom stereocenters. The normalized spacial score (nSPS) is 16.1. The molecule has 6 nitrogen and oxygen atoms in total. The molecular formula is C21H22FN3O3. The number of carbonyl (C=O) groups excluding carboxylic acids is 2. The van der Waals surface area contributed by atoms with Crippen molar-refractivity contribution in [2.45, 2.75) is 32.2 Å². The Hall–Kier alpha value is -3.22. The molecule has 2 aromatic rings. The van der Waals surface area contributed by atoms with Gasteiger partial charge in [-0.15, -0.1) is 0 Å². The maximum Gasteiger partial charge on any atom is 0.257 e. The summed E-state index contributed by atoms with van der Waals surface area (Å²) in [6.45, 7) is 2.71. The lowest BCUT2D eigenvalue weighted by Crippen LogP contribution is -2.47. The molecule has 0 fully saturated rings. The van der Waals surface area contributed by atoms with E-state index < -0.39 is 17.8 Å². The Balaban J connectivity index is 1.68. The van der Waals surface area contributed by atoms with Crippen molar-refractivity contribution in [1.29, 1.82) is 0 Å². The number of nitrogens with zero attached hydrogens (tertiary/aromatic N) is 1. The summed E-state index contributed by atoms with van der Waals surface area (Å²) in [7, 11) is 0. The predicted molar refractivity (Wildman–Crippen MR) is 104 cm³/mol. The van der Waals surface area contributed by atoms with Gasteiger partial charge < -0.3 is 4.74 Å². The van der Waals surface area contributed by atoms with Gasteiger partial charge in [0.1, 0.15) is 11.6 Å². The average Bonchev–Trinajstić information content (AvgIpc) is 2.68. The third kappa shape index (κ3) is 4.94. The number of unbranched alkanes of at least 4 members (excludes halogenated alkanes) is 1. The number of halogens is 1. The first-order chi connectivity index (χ1) is 13.6. The summed E-state index contributed by atoms with van der Waals surface area (Å²) in [5.41, 5.74) is 0.713. The Labute approximate surface area is 162 Å². The maximum atomic E-state index is 14.0. The molecule has 2 aromatic carbocycles. The van der Waals surface area contributed by atoms with Crippen molar-refractivity contribution < 1.29 is 18.7 Å². The van der Waals surface area contributed by atoms with Gasteiger partial charge in [0.15, 0.2) is 0 Å². The van der Waals surface area contributed by atoms with Crippen LogP contribution in [0.15, 0.2) is 53.5 Å². The second kappa shape index (κ2) is 9.12. The number of rotatable bonds is 6. The van der Waals surface area contributed by atoms with Gasteiger partial charge in [0.2, 0.25) is 11.9 Å². The SMILES string of the molecule is CCCCOc1ccc(C(=O)NC2=N[C@H](c3ccccc3F)CC(=O)N2)cc1. The highest BCUT2D eigenvalue weighted by Crippen LogP contribution is 2.25. The molecule has 1 atom stereocenters. The Morgan fingerprint density at radius 1 is 1.25 bits per heavy atom. The zero-order chi connectivity index (χ0) is 19.9. The fourth-order valence-electron chi connectivity index (χ4n) is 2.80. The van der Waals surface area contributed by atoms with Crippen molar-refractivity contribution in [3.8, 4) is 5.75 Å². The zero-order valence-corrected chi connectivity index (χ0v) is 15.6. The zero-order valence-electron chi connectivity index (χ0n) is 15.6. The minimum absolute atomic E-state index is 0.0118. The summed E-state index contributed by atoms with van der Waals surface area (Å²) in [5, 5.41) is 5.09. The van der Waals surface area contributed by atoms with Gasteiger partial charge in [-0.05, 0) is 36.8 Å². The number of amides is 2. The van der Waals surface area contributed by atoms with Crippen molar-refractivity contribution in [3.05, 3.63) is 65.5 Å². The molecule has 7 heteroatoms. The maximum absolute atomic E-state index is 14.0. The van der Waals surface area contributed by atoms with Crippen LogP contribution in [0.3, 0.4) is 0 Å². The van der Waals surface area contributed by atoms with E-state index in [2.05, 4.69) is 22.5 Å². The van der Waals surface area contributed by atoms with E-state index in [9.17, 15) is 14.0 Å². The minimum Gasteiger partial charge on any atom is -0.494 e. The first-order valence-electron chi connectivity index (χ1n) is 9.23. The van der Waals surface area contributed by atoms with Gasteiger partial charge >= 0.3 is 0 Å². The third-order valence-electron chi connectivity index (χ3n) is 4.30. The number of hydrogen-bond acceptors (Lipinski definition) is 4. The van der Waals surface area contributed by atoms with E-state index in [1.54, 1.807) is 42.5 Å². The molecule has 0 spiro atoms. The smallest absolute Gasteiger partial charge is 0.257 e. The topological polar surface area (TPSA) is 79.8 Å². The molecule has 0 bridgehead atoms. The number of guanidine groups is 1. The van der Waals surface area contributed by atoms with Crippen LogP contribution in [0.4, 0.5) is 4.39 Å². The highest BCUT2D eigenvalue weighted by Gasteiger charge is 2.25. The van der Waals surface area contributed by atoms with Gasteiger partial charge in [-0.1, -0.05) is 31.5 Å². The van der Waals surface area contributed by atoms with Crippen LogP contribution >= 0.6 is 0 Å². The van der Waals surface area contributed by atoms with E-state index in [-0.39, 0.29) is 18.3 Å². The molecule has 2 N–H and O–H groups in total. The van der Waals surface area contributed by atoms with E-state index in [0.29, 0.717) is 23.5 Å². The number of hydrogen-bond donors (Lipinski definition) is 2. The lowest BCUT2D eigenvalue weighted by Gasteiger charge is -2.21. The number of ether oxygens (including phenoxy) is 1. The van der Waals surface area contributed by atoms with Crippen molar-refractivity contribution in [2.24, 2.45) is 4.99 Å². The van der Waals surface area contributed by atoms with Crippen LogP contribution in [0, 0.1) is 5.82 Å². The van der Waals surface area contributed by atoms with E-state index in [1.165, 1.54) is 6.07 Å². The number of carbonyl (C=O) groups is 2. The summed E-state index contributed by atoms with van der Waals surface area (Å²) in [4.78, 5) is 28.7. The Morgan fingerprint density at radius 2 is 2.00 bits per heavy atom. The van der Waals surface area contributed by atoms with Gasteiger partial charge in [-0.25, -0.2) is 9.38 Å². The van der Waals surface area contributed by atoms with Gasteiger partial charge in [-0.3, -0.25) is 20.2 Å². The quantitative estimate of drug-likeness (QED) is 0.751. The van der Waals surface area contributed by atoms with Gasteiger partial charge in [0.05, 0.1) is 19.1 Å². The number of nitrogens with one attached hydrogen (secondary N) is 2. The molecular weight excluding hydrogens is 361 g/mol. The molecule has 3 rings (SSSR count). The van der Waals surface area contributed by atoms with Gasteiger partial charge in [0, 0.05) is 11.1 Å². The summed E-state index contributed by atoms with van der Waals surface area (Å²) in [5.74, 6) is -0.493. The Morgan fingerprint density at radius 3 is 2.71 bits per heavy atom. The highest BCUT2D eigenvalue weighted by molar-refractivity contribution is 6.10. The number of benzene rings is 2. The predicted octanol–water partition coefficient (Wildman–Crippen LogP) is 3.35. The molecule has 0 saturated heterocycles. The standard InChI is InChI=1S/C21H22FN3O3/c1-2-3-12-28-15-10-8-14(9-11-15)20(27)25-21-23-18(13-19(26)24-21)16-6-4-5-7-17(16)22/h4-11,18H,2-3,12-13H2,1H3,(H2,23,24,25,26,27)/t18-/m0/s1. The van der Waals surface area contributed by atoms with Crippen LogP contribution in [0.5, 0.6) is 5.75 Å². The molecule has 0 aliphatic carbocycles. The van der Waals surface area contributed by atoms with E-state index in [4.69, 9.17) is 4.74 Å². The van der Waals surface area contributed by atoms with Crippen LogP contribution in [-0.4, -0.2) is 24.4 Å². The molecule has 0 aromatic heterocycles. The third-order valence-corrected chi connectivity index (χ3v) is 4.30. The summed E-state index contributed by atoms with van der Waals surface area (Å²) < 4.78 is 19.6. The molecule has 146 valence electrons. The highest BCUT2D eigenvalue weighted by atomic mass is 19.1. The minimum atomic E-state index is -0.681. The summed E-state index contributed by atoms with van der Waals surface area (Å²) >= 11 is 0. The van der Waals surface area contributed by atoms with Crippen LogP contribution in [0.2, 0.25) is 0 Å². The average molecular weight is 383 g/mol. The first-order valence-corrected chi connectivity index (χ1v) is 9.23. The second-order valence-corrected chi connectivity index (χ2v) is 6.45. The van der Waals surface area contributed by atoms with Crippen LogP contribution < -0.4 is 15.4 Å². The molecule has 0 radical (unpaired) electrons. The van der Waals surface area contributed by atoms with Crippen molar-refractivity contribution in [3.63, 3.8) is 0 Å². The van der Waals surface area contributed by atoms with E-state index in [1.807, 2.05) is 0 Å². The molecule has 28 heavy (non-hydrogen) atoms. The fraction of sp³-hybridized carbons (Fsp3) is 0.286. The van der Waals surface area contributed by atoms with E-state index >= 15 is 0 Å². The Bertz CT molecular complexity index is 881. The fourth-order valence-corrected chi connectivity index (χ4v) is 2.80. The monoisotopic (exact) mass is 383 g/mol. The first kappa shape index (κ1) is 19.5. The van der Waals surface area contributed by atoms with E-state index in [0.717, 1.165) is 12.8 Å². The largest absolute Gasteiger partial charge is 0.494 e. The molecule has 0 saturated carbocycles. The molecule has 1 heterocycles. The summed E-state index contributed by atoms with van der Waals surface area (Å²) in [6, 6.07) is 12.2. The van der Waals surface area contributed by atoms with Crippen LogP contribution in [0.25, 0.3) is 0 Å². The van der Waals surface area contributed by atoms with Crippen molar-refractivity contribution in [1.82, 2.24) is 10.6 Å². The molecule has 2 amide bonds. The summed E-state index contributed by atoms with van der Waals surface area (Å²) in [6.07, 6.45) is 2.03. The van der Waals surface area contributed by atoms with Crippen molar-refractivity contribution in [2.75, 3.05) is 6.61 Å². The number of aliphatic imine (C=N–C) groups is 1. The van der Waals surface area contributed by atoms with Crippen LogP contribution in [-0.2, 0) is 4.79 Å².